The molecule has 0 N–H and O–H groups in total. The Labute approximate surface area is 711 Å². The van der Waals surface area contributed by atoms with Crippen LogP contribution < -0.4 is 9.97 Å². The van der Waals surface area contributed by atoms with E-state index >= 15 is 0 Å². The molecule has 8 bridgehead atoms. The smallest absolute Gasteiger partial charge is 0.0783 e. The van der Waals surface area contributed by atoms with Gasteiger partial charge in [-0.1, -0.05) is 293 Å². The van der Waals surface area contributed by atoms with E-state index in [0.29, 0.717) is 0 Å². The summed E-state index contributed by atoms with van der Waals surface area (Å²) in [5.74, 6) is 0.561. The number of hydrogen-bond acceptors (Lipinski definition) is 2. The summed E-state index contributed by atoms with van der Waals surface area (Å²) in [5.41, 5.74) is 25.4. The average Bonchev–Trinajstić information content (AvgIpc) is 1.55. The van der Waals surface area contributed by atoms with Gasteiger partial charge in [-0.05, 0) is 316 Å². The molecular weight excluding hydrogens is 1620 g/mol. The second-order valence-electron chi connectivity index (χ2n) is 38.7. The number of rotatable bonds is 6. The van der Waals surface area contributed by atoms with Crippen LogP contribution in [-0.4, -0.2) is 9.97 Å². The summed E-state index contributed by atoms with van der Waals surface area (Å²) in [7, 11) is 0. The molecular formula is C114H96N4Pt-2. The van der Waals surface area contributed by atoms with E-state index in [1.165, 1.54) is 76.5 Å². The topological polar surface area (TPSA) is 54.0 Å². The second-order valence-corrected chi connectivity index (χ2v) is 38.7. The molecule has 0 saturated heterocycles. The third-order valence-electron chi connectivity index (χ3n) is 25.8. The van der Waals surface area contributed by atoms with Crippen LogP contribution in [0.2, 0.25) is 0 Å². The molecule has 2 aromatic heterocycles. The van der Waals surface area contributed by atoms with Crippen LogP contribution in [-0.2, 0) is 42.7 Å². The largest absolute Gasteiger partial charge is 0.656 e. The van der Waals surface area contributed by atoms with Crippen LogP contribution in [0.15, 0.2) is 279 Å². The van der Waals surface area contributed by atoms with E-state index in [2.05, 4.69) is 390 Å². The molecule has 0 radical (unpaired) electrons. The van der Waals surface area contributed by atoms with Crippen LogP contribution in [0.5, 0.6) is 0 Å². The maximum atomic E-state index is 6.64. The van der Waals surface area contributed by atoms with E-state index in [1.807, 2.05) is 0 Å². The molecule has 0 saturated carbocycles. The molecule has 2 aliphatic heterocycles. The van der Waals surface area contributed by atoms with Crippen LogP contribution >= 0.6 is 0 Å². The number of nitrogens with zero attached hydrogens (tertiary/aromatic N) is 4. The number of benzene rings is 16. The standard InChI is InChI=1S/C114H96N4.Pt/c1-63(2)65-33-37-67(38-34-65)99-103-91-53-77-41-69-25-17-21-29-73(69)45-81(77)57-95(91)107(115-103)101(85-49-87(111(5,6)7)61-88(50-85)112(8,9)10)109-97-59-83-47-75-31-23-19-27-71(75)43-79(83)55-93(97)105(117-109)100(68-39-35-66(36-40-68)64(3)4)106-94-56-80-44-72-28-20-24-32-76(72)48-84(80)60-98(94)110(118-106)102(86-51-89(113(11,12)13)62-90(52-86)114(14,15)16)108-96-58-82-46-74-30-22-18-26-70(74)42-78(82)54-92(96)104(99)116-108;/h17-64H,1-16H3;/q-2;. The quantitative estimate of drug-likeness (QED) is 0.156. The van der Waals surface area contributed by atoms with Gasteiger partial charge in [0.1, 0.15) is 0 Å². The molecule has 0 fully saturated rings. The fourth-order valence-electron chi connectivity index (χ4n) is 18.9. The van der Waals surface area contributed by atoms with Crippen molar-refractivity contribution in [2.24, 2.45) is 0 Å². The van der Waals surface area contributed by atoms with Gasteiger partial charge in [0.05, 0.1) is 22.8 Å². The first-order valence-electron chi connectivity index (χ1n) is 42.3. The van der Waals surface area contributed by atoms with Crippen molar-refractivity contribution in [3.8, 4) is 89.5 Å². The average molecular weight is 1720 g/mol. The predicted octanol–water partition coefficient (Wildman–Crippen LogP) is 31.9. The molecule has 1 aliphatic carbocycles. The van der Waals surface area contributed by atoms with E-state index < -0.39 is 0 Å². The zero-order chi connectivity index (χ0) is 81.1. The first-order chi connectivity index (χ1) is 56.6. The van der Waals surface area contributed by atoms with Crippen LogP contribution in [0.3, 0.4) is 0 Å². The summed E-state index contributed by atoms with van der Waals surface area (Å²) in [4.78, 5) is 26.6. The molecule has 5 heteroatoms. The fraction of sp³-hybridized carbons (Fsp3) is 0.193. The molecule has 0 spiro atoms. The molecule has 584 valence electrons. The Morgan fingerprint density at radius 3 is 0.622 bits per heavy atom. The van der Waals surface area contributed by atoms with Gasteiger partial charge in [0.25, 0.3) is 0 Å². The minimum absolute atomic E-state index is 0. The Balaban J connectivity index is 0.00000907. The van der Waals surface area contributed by atoms with Crippen molar-refractivity contribution >= 4 is 130 Å². The number of fused-ring (bicyclic) bond motifs is 8. The molecule has 18 aromatic rings. The van der Waals surface area contributed by atoms with Gasteiger partial charge in [-0.2, -0.15) is 0 Å². The summed E-state index contributed by atoms with van der Waals surface area (Å²) in [6.07, 6.45) is 0. The normalized spacial score (nSPS) is 12.8. The molecule has 4 heterocycles. The molecule has 16 aromatic carbocycles. The Kier molecular flexibility index (Phi) is 17.5. The first kappa shape index (κ1) is 75.7. The van der Waals surface area contributed by atoms with E-state index in [9.17, 15) is 0 Å². The van der Waals surface area contributed by atoms with Crippen molar-refractivity contribution in [3.05, 3.63) is 312 Å². The van der Waals surface area contributed by atoms with Gasteiger partial charge in [-0.25, -0.2) is 9.97 Å². The molecule has 3 aliphatic rings. The van der Waals surface area contributed by atoms with Gasteiger partial charge >= 0.3 is 0 Å². The van der Waals surface area contributed by atoms with E-state index in [1.54, 1.807) is 0 Å². The van der Waals surface area contributed by atoms with Crippen molar-refractivity contribution in [1.82, 2.24) is 19.9 Å². The van der Waals surface area contributed by atoms with Gasteiger partial charge in [-0.3, -0.25) is 0 Å². The first-order valence-corrected chi connectivity index (χ1v) is 42.3. The van der Waals surface area contributed by atoms with E-state index in [0.717, 1.165) is 176 Å². The van der Waals surface area contributed by atoms with Crippen molar-refractivity contribution in [3.63, 3.8) is 0 Å². The Hall–Kier alpha value is -12.1. The van der Waals surface area contributed by atoms with Crippen molar-refractivity contribution in [2.45, 2.75) is 144 Å². The van der Waals surface area contributed by atoms with Crippen molar-refractivity contribution in [1.29, 1.82) is 0 Å². The zero-order valence-electron chi connectivity index (χ0n) is 70.8. The molecule has 4 nitrogen and oxygen atoms in total. The minimum atomic E-state index is -0.259. The third kappa shape index (κ3) is 12.7. The Bertz CT molecular complexity index is 7220. The van der Waals surface area contributed by atoms with Crippen molar-refractivity contribution in [2.75, 3.05) is 0 Å². The second kappa shape index (κ2) is 27.5. The summed E-state index contributed by atoms with van der Waals surface area (Å²) in [5, 5.41) is 22.6. The monoisotopic (exact) mass is 1720 g/mol. The molecule has 0 atom stereocenters. The van der Waals surface area contributed by atoms with Crippen LogP contribution in [0, 0.1) is 0 Å². The van der Waals surface area contributed by atoms with E-state index in [4.69, 9.17) is 19.9 Å². The van der Waals surface area contributed by atoms with Crippen LogP contribution in [0.25, 0.3) is 219 Å². The third-order valence-corrected chi connectivity index (χ3v) is 25.8. The van der Waals surface area contributed by atoms with Crippen LogP contribution in [0.1, 0.15) is 156 Å². The Morgan fingerprint density at radius 2 is 0.420 bits per heavy atom. The molecule has 0 amide bonds. The van der Waals surface area contributed by atoms with Crippen molar-refractivity contribution < 1.29 is 21.1 Å². The fourth-order valence-corrected chi connectivity index (χ4v) is 18.9. The van der Waals surface area contributed by atoms with Gasteiger partial charge in [0.15, 0.2) is 0 Å². The van der Waals surface area contributed by atoms with Gasteiger partial charge in [0, 0.05) is 43.3 Å². The zero-order valence-corrected chi connectivity index (χ0v) is 73.1. The number of aromatic nitrogens is 4. The summed E-state index contributed by atoms with van der Waals surface area (Å²) < 4.78 is 0. The number of hydrogen-bond donors (Lipinski definition) is 0. The Morgan fingerprint density at radius 1 is 0.218 bits per heavy atom. The summed E-state index contributed by atoms with van der Waals surface area (Å²) in [6.45, 7) is 37.5. The van der Waals surface area contributed by atoms with Gasteiger partial charge in [0.2, 0.25) is 0 Å². The molecule has 21 rings (SSSR count). The SMILES string of the molecule is CC(C)c1ccc(-c2c3nc(c(-c4cc(C(C)(C)C)cc(C(C)(C)C)c4)c4[n-]c(c(-c5ccc(C(C)C)cc5)c5nc(c(-c6cc(C(C)(C)C)cc(C(C)(C)C)c6)c6[n-]c2c2cc7cc8ccccc8cc7cc62)-c2cc6cc7ccccc7cc6cc2-5)c2cc5cc6ccccc6cc5cc42)-c2cc4cc5ccccc5cc4cc2-3)cc1.[Pt]. The minimum Gasteiger partial charge on any atom is -0.656 e. The maximum absolute atomic E-state index is 6.64. The van der Waals surface area contributed by atoms with Gasteiger partial charge < -0.3 is 9.97 Å². The maximum Gasteiger partial charge on any atom is 0.0783 e. The van der Waals surface area contributed by atoms with Crippen LogP contribution in [0.4, 0.5) is 0 Å². The summed E-state index contributed by atoms with van der Waals surface area (Å²) >= 11 is 0. The summed E-state index contributed by atoms with van der Waals surface area (Å²) in [6, 6.07) is 108. The molecule has 119 heavy (non-hydrogen) atoms. The van der Waals surface area contributed by atoms with Gasteiger partial charge in [-0.15, -0.1) is 22.1 Å². The van der Waals surface area contributed by atoms with E-state index in [-0.39, 0.29) is 54.6 Å². The molecule has 0 unspecified atom stereocenters. The predicted molar refractivity (Wildman–Crippen MR) is 508 cm³/mol.